The monoisotopic (exact) mass is 248 g/mol. The van der Waals surface area contributed by atoms with E-state index in [2.05, 4.69) is 6.58 Å². The van der Waals surface area contributed by atoms with Crippen LogP contribution in [0.4, 0.5) is 4.39 Å². The highest BCUT2D eigenvalue weighted by molar-refractivity contribution is 5.87. The van der Waals surface area contributed by atoms with Gasteiger partial charge in [-0.2, -0.15) is 0 Å². The zero-order chi connectivity index (χ0) is 13.3. The topological polar surface area (TPSA) is 26.3 Å². The number of rotatable bonds is 4. The molecular formula is C15H17FO2. The van der Waals surface area contributed by atoms with E-state index in [-0.39, 0.29) is 5.82 Å². The maximum atomic E-state index is 13.0. The number of ether oxygens (including phenoxy) is 1. The van der Waals surface area contributed by atoms with E-state index in [0.29, 0.717) is 11.5 Å². The van der Waals surface area contributed by atoms with Crippen molar-refractivity contribution in [2.45, 2.75) is 32.3 Å². The second-order valence-corrected chi connectivity index (χ2v) is 5.06. The number of hydrogen-bond donors (Lipinski definition) is 0. The normalized spacial score (nSPS) is 17.9. The molecule has 1 aromatic rings. The van der Waals surface area contributed by atoms with Crippen molar-refractivity contribution >= 4 is 5.97 Å². The molecule has 1 saturated carbocycles. The Morgan fingerprint density at radius 3 is 2.39 bits per heavy atom. The lowest BCUT2D eigenvalue weighted by atomic mass is 9.90. The summed E-state index contributed by atoms with van der Waals surface area (Å²) in [4.78, 5) is 11.7. The molecule has 1 unspecified atom stereocenters. The highest BCUT2D eigenvalue weighted by atomic mass is 19.1. The zero-order valence-electron chi connectivity index (χ0n) is 10.7. The Morgan fingerprint density at radius 1 is 1.39 bits per heavy atom. The molecule has 0 heterocycles. The minimum atomic E-state index is -0.677. The molecule has 0 bridgehead atoms. The summed E-state index contributed by atoms with van der Waals surface area (Å²) in [6.45, 7) is 7.11. The first kappa shape index (κ1) is 12.8. The van der Waals surface area contributed by atoms with Gasteiger partial charge in [0.25, 0.3) is 0 Å². The van der Waals surface area contributed by atoms with Gasteiger partial charge in [-0.05, 0) is 44.4 Å². The summed E-state index contributed by atoms with van der Waals surface area (Å²) >= 11 is 0. The predicted octanol–water partition coefficient (Wildman–Crippen LogP) is 3.57. The van der Waals surface area contributed by atoms with Crippen LogP contribution in [0.3, 0.4) is 0 Å². The Hall–Kier alpha value is -1.64. The quantitative estimate of drug-likeness (QED) is 0.601. The van der Waals surface area contributed by atoms with E-state index < -0.39 is 11.6 Å². The van der Waals surface area contributed by atoms with Crippen LogP contribution in [0.2, 0.25) is 0 Å². The van der Waals surface area contributed by atoms with Gasteiger partial charge in [0.05, 0.1) is 0 Å². The minimum absolute atomic E-state index is 0.289. The number of benzene rings is 1. The molecule has 0 saturated heterocycles. The van der Waals surface area contributed by atoms with Crippen LogP contribution in [-0.2, 0) is 15.1 Å². The first-order valence-corrected chi connectivity index (χ1v) is 6.08. The van der Waals surface area contributed by atoms with Gasteiger partial charge < -0.3 is 4.74 Å². The molecule has 1 atom stereocenters. The average molecular weight is 248 g/mol. The van der Waals surface area contributed by atoms with Gasteiger partial charge in [0.15, 0.2) is 0 Å². The van der Waals surface area contributed by atoms with Gasteiger partial charge in [-0.25, -0.2) is 9.18 Å². The van der Waals surface area contributed by atoms with Crippen molar-refractivity contribution in [1.29, 1.82) is 0 Å². The maximum Gasteiger partial charge on any atom is 0.333 e. The molecule has 2 rings (SSSR count). The van der Waals surface area contributed by atoms with Gasteiger partial charge in [0.2, 0.25) is 0 Å². The van der Waals surface area contributed by atoms with Gasteiger partial charge in [0.1, 0.15) is 11.4 Å². The van der Waals surface area contributed by atoms with Crippen LogP contribution in [0.5, 0.6) is 0 Å². The van der Waals surface area contributed by atoms with E-state index in [1.807, 2.05) is 6.92 Å². The van der Waals surface area contributed by atoms with Crippen LogP contribution in [0.15, 0.2) is 36.4 Å². The third-order valence-corrected chi connectivity index (χ3v) is 3.43. The zero-order valence-corrected chi connectivity index (χ0v) is 10.7. The molecule has 0 amide bonds. The molecule has 0 aliphatic heterocycles. The Labute approximate surface area is 106 Å². The Balaban J connectivity index is 2.29. The van der Waals surface area contributed by atoms with E-state index >= 15 is 0 Å². The molecule has 0 N–H and O–H groups in total. The minimum Gasteiger partial charge on any atom is -0.451 e. The molecule has 0 spiro atoms. The summed E-state index contributed by atoms with van der Waals surface area (Å²) in [5, 5.41) is 0. The molecule has 96 valence electrons. The van der Waals surface area contributed by atoms with E-state index in [1.54, 1.807) is 19.1 Å². The summed E-state index contributed by atoms with van der Waals surface area (Å²) in [5.41, 5.74) is 0.536. The van der Waals surface area contributed by atoms with Gasteiger partial charge in [-0.15, -0.1) is 0 Å². The standard InChI is InChI=1S/C15H17FO2/c1-10(2)14(17)18-15(3,11-4-5-11)12-6-8-13(16)9-7-12/h6-9,11H,1,4-5H2,2-3H3. The van der Waals surface area contributed by atoms with Crippen LogP contribution in [0, 0.1) is 11.7 Å². The van der Waals surface area contributed by atoms with Gasteiger partial charge in [-0.3, -0.25) is 0 Å². The highest BCUT2D eigenvalue weighted by Gasteiger charge is 2.46. The number of carbonyl (C=O) groups excluding carboxylic acids is 1. The number of halogens is 1. The smallest absolute Gasteiger partial charge is 0.333 e. The summed E-state index contributed by atoms with van der Waals surface area (Å²) in [5.74, 6) is -0.372. The molecule has 18 heavy (non-hydrogen) atoms. The fourth-order valence-electron chi connectivity index (χ4n) is 2.07. The van der Waals surface area contributed by atoms with Crippen molar-refractivity contribution in [3.8, 4) is 0 Å². The molecule has 1 aliphatic carbocycles. The second kappa shape index (κ2) is 4.56. The Bertz CT molecular complexity index is 474. The molecule has 0 aromatic heterocycles. The average Bonchev–Trinajstić information content (AvgIpc) is 3.13. The fraction of sp³-hybridized carbons (Fsp3) is 0.400. The lowest BCUT2D eigenvalue weighted by Gasteiger charge is -2.30. The van der Waals surface area contributed by atoms with Crippen molar-refractivity contribution in [2.24, 2.45) is 5.92 Å². The Morgan fingerprint density at radius 2 is 1.94 bits per heavy atom. The molecular weight excluding hydrogens is 231 g/mol. The number of hydrogen-bond acceptors (Lipinski definition) is 2. The molecule has 1 fully saturated rings. The predicted molar refractivity (Wildman–Crippen MR) is 67.4 cm³/mol. The van der Waals surface area contributed by atoms with Crippen molar-refractivity contribution in [2.75, 3.05) is 0 Å². The summed E-state index contributed by atoms with van der Waals surface area (Å²) in [6, 6.07) is 6.15. The Kier molecular flexibility index (Phi) is 3.24. The van der Waals surface area contributed by atoms with Gasteiger partial charge in [-0.1, -0.05) is 18.7 Å². The largest absolute Gasteiger partial charge is 0.451 e. The number of esters is 1. The van der Waals surface area contributed by atoms with Crippen molar-refractivity contribution in [3.05, 3.63) is 47.8 Å². The summed E-state index contributed by atoms with van der Waals surface area (Å²) in [7, 11) is 0. The number of carbonyl (C=O) groups is 1. The molecule has 1 aliphatic rings. The van der Waals surface area contributed by atoms with Crippen LogP contribution >= 0.6 is 0 Å². The van der Waals surface area contributed by atoms with Crippen LogP contribution in [0.25, 0.3) is 0 Å². The van der Waals surface area contributed by atoms with Gasteiger partial charge >= 0.3 is 5.97 Å². The van der Waals surface area contributed by atoms with E-state index in [9.17, 15) is 9.18 Å². The third-order valence-electron chi connectivity index (χ3n) is 3.43. The van der Waals surface area contributed by atoms with Crippen molar-refractivity contribution < 1.29 is 13.9 Å². The van der Waals surface area contributed by atoms with E-state index in [0.717, 1.165) is 18.4 Å². The molecule has 1 aromatic carbocycles. The highest BCUT2D eigenvalue weighted by Crippen LogP contribution is 2.48. The van der Waals surface area contributed by atoms with E-state index in [4.69, 9.17) is 4.74 Å². The molecule has 0 radical (unpaired) electrons. The summed E-state index contributed by atoms with van der Waals surface area (Å²) in [6.07, 6.45) is 2.05. The van der Waals surface area contributed by atoms with Crippen molar-refractivity contribution in [1.82, 2.24) is 0 Å². The van der Waals surface area contributed by atoms with Gasteiger partial charge in [0, 0.05) is 11.5 Å². The van der Waals surface area contributed by atoms with Crippen LogP contribution in [0.1, 0.15) is 32.3 Å². The molecule has 3 heteroatoms. The molecule has 2 nitrogen and oxygen atoms in total. The van der Waals surface area contributed by atoms with Crippen LogP contribution < -0.4 is 0 Å². The van der Waals surface area contributed by atoms with Crippen LogP contribution in [-0.4, -0.2) is 5.97 Å². The fourth-order valence-corrected chi connectivity index (χ4v) is 2.07. The van der Waals surface area contributed by atoms with E-state index in [1.165, 1.54) is 12.1 Å². The lowest BCUT2D eigenvalue weighted by molar-refractivity contribution is -0.156. The van der Waals surface area contributed by atoms with Crippen molar-refractivity contribution in [3.63, 3.8) is 0 Å². The first-order valence-electron chi connectivity index (χ1n) is 6.08. The maximum absolute atomic E-state index is 13.0. The third kappa shape index (κ3) is 2.45. The lowest BCUT2D eigenvalue weighted by Crippen LogP contribution is -2.31. The second-order valence-electron chi connectivity index (χ2n) is 5.06. The summed E-state index contributed by atoms with van der Waals surface area (Å²) < 4.78 is 18.5. The first-order chi connectivity index (χ1) is 8.43. The SMILES string of the molecule is C=C(C)C(=O)OC(C)(c1ccc(F)cc1)C1CC1.